The van der Waals surface area contributed by atoms with Gasteiger partial charge in [-0.15, -0.1) is 5.10 Å². The molecule has 0 atom stereocenters. The van der Waals surface area contributed by atoms with Crippen molar-refractivity contribution < 1.29 is 8.42 Å². The Hall–Kier alpha value is -2.45. The number of aromatic nitrogens is 3. The zero-order valence-electron chi connectivity index (χ0n) is 15.9. The van der Waals surface area contributed by atoms with E-state index in [1.807, 2.05) is 31.2 Å². The summed E-state index contributed by atoms with van der Waals surface area (Å²) in [5, 5.41) is 4.35. The fraction of sp³-hybridized carbons (Fsp3) is 0.400. The van der Waals surface area contributed by atoms with Crippen molar-refractivity contribution in [2.75, 3.05) is 13.1 Å². The Morgan fingerprint density at radius 2 is 1.79 bits per heavy atom. The second-order valence-electron chi connectivity index (χ2n) is 7.34. The molecular weight excluding hydrogens is 376 g/mol. The molecule has 0 saturated carbocycles. The summed E-state index contributed by atoms with van der Waals surface area (Å²) in [4.78, 5) is 12.9. The van der Waals surface area contributed by atoms with E-state index in [1.165, 1.54) is 19.6 Å². The topological polar surface area (TPSA) is 76.7 Å². The highest BCUT2D eigenvalue weighted by Gasteiger charge is 2.26. The van der Waals surface area contributed by atoms with Crippen LogP contribution < -0.4 is 5.69 Å². The van der Waals surface area contributed by atoms with Gasteiger partial charge < -0.3 is 0 Å². The molecule has 4 rings (SSSR count). The van der Waals surface area contributed by atoms with Gasteiger partial charge in [-0.2, -0.15) is 4.31 Å². The maximum absolute atomic E-state index is 13.0. The van der Waals surface area contributed by atoms with Gasteiger partial charge in [-0.1, -0.05) is 42.7 Å². The van der Waals surface area contributed by atoms with Gasteiger partial charge in [-0.3, -0.25) is 0 Å². The number of pyridine rings is 1. The molecule has 1 aliphatic rings. The van der Waals surface area contributed by atoms with E-state index < -0.39 is 10.0 Å². The summed E-state index contributed by atoms with van der Waals surface area (Å²) in [6.45, 7) is 3.40. The minimum Gasteiger partial charge on any atom is -0.249 e. The van der Waals surface area contributed by atoms with Crippen LogP contribution in [0.2, 0.25) is 0 Å². The summed E-state index contributed by atoms with van der Waals surface area (Å²) in [5.41, 5.74) is 2.18. The summed E-state index contributed by atoms with van der Waals surface area (Å²) in [6.07, 6.45) is 5.25. The Kier molecular flexibility index (Phi) is 5.07. The molecule has 7 nitrogen and oxygen atoms in total. The van der Waals surface area contributed by atoms with Crippen LogP contribution >= 0.6 is 0 Å². The van der Waals surface area contributed by atoms with Gasteiger partial charge in [-0.25, -0.2) is 22.3 Å². The first-order valence-corrected chi connectivity index (χ1v) is 11.0. The van der Waals surface area contributed by atoms with Gasteiger partial charge in [0, 0.05) is 19.3 Å². The van der Waals surface area contributed by atoms with Crippen molar-refractivity contribution in [2.24, 2.45) is 0 Å². The first kappa shape index (κ1) is 18.9. The van der Waals surface area contributed by atoms with Crippen molar-refractivity contribution in [1.82, 2.24) is 18.5 Å². The monoisotopic (exact) mass is 400 g/mol. The Labute approximate surface area is 164 Å². The molecule has 1 saturated heterocycles. The van der Waals surface area contributed by atoms with E-state index in [0.29, 0.717) is 25.3 Å². The lowest BCUT2D eigenvalue weighted by atomic mass is 10.1. The molecule has 1 aromatic carbocycles. The lowest BCUT2D eigenvalue weighted by Gasteiger charge is -2.19. The molecule has 0 amide bonds. The molecule has 1 fully saturated rings. The first-order chi connectivity index (χ1) is 13.4. The third-order valence-electron chi connectivity index (χ3n) is 5.17. The third kappa shape index (κ3) is 3.62. The number of benzene rings is 1. The first-order valence-electron chi connectivity index (χ1n) is 9.60. The summed E-state index contributed by atoms with van der Waals surface area (Å²) in [5.74, 6) is 0. The molecule has 28 heavy (non-hydrogen) atoms. The van der Waals surface area contributed by atoms with Crippen LogP contribution in [0.4, 0.5) is 0 Å². The van der Waals surface area contributed by atoms with Crippen LogP contribution in [-0.2, 0) is 16.6 Å². The highest BCUT2D eigenvalue weighted by atomic mass is 32.2. The maximum Gasteiger partial charge on any atom is 0.350 e. The van der Waals surface area contributed by atoms with Crippen LogP contribution in [0.3, 0.4) is 0 Å². The molecule has 0 N–H and O–H groups in total. The minimum atomic E-state index is -3.61. The summed E-state index contributed by atoms with van der Waals surface area (Å²) in [7, 11) is -3.61. The molecule has 148 valence electrons. The van der Waals surface area contributed by atoms with Gasteiger partial charge >= 0.3 is 5.69 Å². The third-order valence-corrected chi connectivity index (χ3v) is 7.05. The van der Waals surface area contributed by atoms with Crippen molar-refractivity contribution >= 4 is 15.7 Å². The van der Waals surface area contributed by atoms with Gasteiger partial charge in [0.15, 0.2) is 5.65 Å². The molecule has 0 aliphatic carbocycles. The standard InChI is InChI=1S/C20H24N4O3S/c1-16-7-6-8-17(13-16)14-24-20(25)23-15-18(9-10-19(23)21-24)28(26,27)22-11-4-2-3-5-12-22/h6-10,13,15H,2-5,11-12,14H2,1H3. The molecular formula is C20H24N4O3S. The Morgan fingerprint density at radius 1 is 1.04 bits per heavy atom. The normalized spacial score (nSPS) is 16.3. The molecule has 3 heterocycles. The van der Waals surface area contributed by atoms with Crippen molar-refractivity contribution in [2.45, 2.75) is 44.0 Å². The fourth-order valence-corrected chi connectivity index (χ4v) is 5.18. The quantitative estimate of drug-likeness (QED) is 0.674. The SMILES string of the molecule is Cc1cccc(Cn2nc3ccc(S(=O)(=O)N4CCCCCC4)cn3c2=O)c1. The fourth-order valence-electron chi connectivity index (χ4n) is 3.67. The second kappa shape index (κ2) is 7.52. The molecule has 0 bridgehead atoms. The molecule has 8 heteroatoms. The van der Waals surface area contributed by atoms with Crippen LogP contribution in [0.25, 0.3) is 5.65 Å². The molecule has 2 aromatic heterocycles. The zero-order chi connectivity index (χ0) is 19.7. The lowest BCUT2D eigenvalue weighted by Crippen LogP contribution is -2.32. The second-order valence-corrected chi connectivity index (χ2v) is 9.28. The number of fused-ring (bicyclic) bond motifs is 1. The smallest absolute Gasteiger partial charge is 0.249 e. The summed E-state index contributed by atoms with van der Waals surface area (Å²) >= 11 is 0. The van der Waals surface area contributed by atoms with Gasteiger partial charge in [-0.05, 0) is 37.5 Å². The number of aryl methyl sites for hydroxylation is 1. The number of sulfonamides is 1. The van der Waals surface area contributed by atoms with Gasteiger partial charge in [0.1, 0.15) is 0 Å². The number of hydrogen-bond donors (Lipinski definition) is 0. The Bertz CT molecular complexity index is 1160. The highest BCUT2D eigenvalue weighted by Crippen LogP contribution is 2.20. The zero-order valence-corrected chi connectivity index (χ0v) is 16.7. The van der Waals surface area contributed by atoms with Crippen molar-refractivity contribution in [3.05, 3.63) is 64.2 Å². The van der Waals surface area contributed by atoms with E-state index in [-0.39, 0.29) is 10.6 Å². The predicted molar refractivity (Wildman–Crippen MR) is 107 cm³/mol. The van der Waals surface area contributed by atoms with Crippen molar-refractivity contribution in [1.29, 1.82) is 0 Å². The predicted octanol–water partition coefficient (Wildman–Crippen LogP) is 2.42. The van der Waals surface area contributed by atoms with E-state index in [0.717, 1.165) is 36.8 Å². The highest BCUT2D eigenvalue weighted by molar-refractivity contribution is 7.89. The van der Waals surface area contributed by atoms with Gasteiger partial charge in [0.25, 0.3) is 0 Å². The maximum atomic E-state index is 13.0. The van der Waals surface area contributed by atoms with E-state index in [2.05, 4.69) is 5.10 Å². The van der Waals surface area contributed by atoms with Gasteiger partial charge in [0.05, 0.1) is 11.4 Å². The molecule has 1 aliphatic heterocycles. The average Bonchev–Trinajstić information content (AvgIpc) is 2.86. The van der Waals surface area contributed by atoms with Crippen LogP contribution in [0.15, 0.2) is 52.3 Å². The lowest BCUT2D eigenvalue weighted by molar-refractivity contribution is 0.423. The molecule has 0 unspecified atom stereocenters. The van der Waals surface area contributed by atoms with Crippen molar-refractivity contribution in [3.8, 4) is 0 Å². The Balaban J connectivity index is 1.69. The van der Waals surface area contributed by atoms with E-state index in [1.54, 1.807) is 12.1 Å². The number of nitrogens with zero attached hydrogens (tertiary/aromatic N) is 4. The largest absolute Gasteiger partial charge is 0.350 e. The van der Waals surface area contributed by atoms with Crippen LogP contribution in [0, 0.1) is 6.92 Å². The summed E-state index contributed by atoms with van der Waals surface area (Å²) in [6, 6.07) is 11.0. The van der Waals surface area contributed by atoms with Gasteiger partial charge in [0.2, 0.25) is 10.0 Å². The van der Waals surface area contributed by atoms with Crippen LogP contribution in [0.1, 0.15) is 36.8 Å². The van der Waals surface area contributed by atoms with E-state index in [9.17, 15) is 13.2 Å². The van der Waals surface area contributed by atoms with E-state index in [4.69, 9.17) is 0 Å². The van der Waals surface area contributed by atoms with E-state index >= 15 is 0 Å². The van der Waals surface area contributed by atoms with Crippen molar-refractivity contribution in [3.63, 3.8) is 0 Å². The van der Waals surface area contributed by atoms with Crippen LogP contribution in [0.5, 0.6) is 0 Å². The Morgan fingerprint density at radius 3 is 2.50 bits per heavy atom. The molecule has 0 spiro atoms. The van der Waals surface area contributed by atoms with Crippen LogP contribution in [-0.4, -0.2) is 40.0 Å². The number of hydrogen-bond acceptors (Lipinski definition) is 4. The molecule has 0 radical (unpaired) electrons. The molecule has 3 aromatic rings. The summed E-state index contributed by atoms with van der Waals surface area (Å²) < 4.78 is 30.2. The minimum absolute atomic E-state index is 0.138. The number of rotatable bonds is 4. The average molecular weight is 401 g/mol.